The van der Waals surface area contributed by atoms with Crippen molar-refractivity contribution in [2.24, 2.45) is 0 Å². The van der Waals surface area contributed by atoms with Crippen molar-refractivity contribution >= 4 is 17.8 Å². The fraction of sp³-hybridized carbons (Fsp3) is 0.364. The minimum Gasteiger partial charge on any atom is -0.478 e. The number of carboxylic acid groups (broad SMARTS) is 1. The minimum atomic E-state index is -1.24. The van der Waals surface area contributed by atoms with E-state index in [1.807, 2.05) is 0 Å². The van der Waals surface area contributed by atoms with Crippen LogP contribution in [-0.2, 0) is 4.79 Å². The normalized spacial score (nSPS) is 9.89. The highest BCUT2D eigenvalue weighted by Crippen LogP contribution is 2.10. The maximum atomic E-state index is 11.6. The number of carboxylic acids is 1. The van der Waals surface area contributed by atoms with Gasteiger partial charge in [0.05, 0.1) is 6.26 Å². The van der Waals surface area contributed by atoms with Gasteiger partial charge >= 0.3 is 5.97 Å². The molecule has 0 unspecified atom stereocenters. The van der Waals surface area contributed by atoms with E-state index in [9.17, 15) is 14.4 Å². The average Bonchev–Trinajstić information content (AvgIpc) is 2.77. The van der Waals surface area contributed by atoms with Crippen LogP contribution in [0.15, 0.2) is 16.7 Å². The van der Waals surface area contributed by atoms with Crippen molar-refractivity contribution in [1.29, 1.82) is 0 Å². The van der Waals surface area contributed by atoms with Crippen molar-refractivity contribution in [2.75, 3.05) is 20.6 Å². The second-order valence-electron chi connectivity index (χ2n) is 3.76. The molecule has 0 atom stereocenters. The molecule has 0 aliphatic rings. The van der Waals surface area contributed by atoms with Gasteiger partial charge in [0, 0.05) is 27.1 Å². The van der Waals surface area contributed by atoms with Gasteiger partial charge in [-0.3, -0.25) is 9.59 Å². The Bertz CT molecular complexity index is 464. The maximum absolute atomic E-state index is 11.6. The number of nitrogens with one attached hydrogen (secondary N) is 1. The largest absolute Gasteiger partial charge is 0.478 e. The van der Waals surface area contributed by atoms with Gasteiger partial charge in [-0.1, -0.05) is 0 Å². The van der Waals surface area contributed by atoms with E-state index in [0.29, 0.717) is 0 Å². The number of rotatable bonds is 5. The van der Waals surface area contributed by atoms with Crippen molar-refractivity contribution in [3.05, 3.63) is 23.7 Å². The van der Waals surface area contributed by atoms with Gasteiger partial charge in [0.25, 0.3) is 5.91 Å². The highest BCUT2D eigenvalue weighted by Gasteiger charge is 2.20. The zero-order valence-corrected chi connectivity index (χ0v) is 10.1. The molecule has 0 bridgehead atoms. The summed E-state index contributed by atoms with van der Waals surface area (Å²) in [4.78, 5) is 35.0. The van der Waals surface area contributed by atoms with Crippen LogP contribution in [0.5, 0.6) is 0 Å². The highest BCUT2D eigenvalue weighted by atomic mass is 16.4. The van der Waals surface area contributed by atoms with E-state index in [2.05, 4.69) is 5.32 Å². The van der Waals surface area contributed by atoms with Gasteiger partial charge in [-0.15, -0.1) is 0 Å². The molecule has 2 amide bonds. The topological polar surface area (TPSA) is 99.9 Å². The van der Waals surface area contributed by atoms with Crippen LogP contribution in [0.3, 0.4) is 0 Å². The third kappa shape index (κ3) is 3.34. The molecule has 0 saturated carbocycles. The van der Waals surface area contributed by atoms with Gasteiger partial charge in [-0.25, -0.2) is 4.79 Å². The summed E-state index contributed by atoms with van der Waals surface area (Å²) in [6.45, 7) is 0.121. The Morgan fingerprint density at radius 3 is 2.61 bits per heavy atom. The van der Waals surface area contributed by atoms with Crippen LogP contribution >= 0.6 is 0 Å². The molecule has 1 rings (SSSR count). The molecule has 0 spiro atoms. The quantitative estimate of drug-likeness (QED) is 0.781. The van der Waals surface area contributed by atoms with E-state index in [0.717, 1.165) is 6.26 Å². The van der Waals surface area contributed by atoms with Crippen molar-refractivity contribution in [3.8, 4) is 0 Å². The molecule has 18 heavy (non-hydrogen) atoms. The Balaban J connectivity index is 2.53. The van der Waals surface area contributed by atoms with E-state index < -0.39 is 11.9 Å². The van der Waals surface area contributed by atoms with Crippen molar-refractivity contribution in [1.82, 2.24) is 10.2 Å². The summed E-state index contributed by atoms with van der Waals surface area (Å²) in [5, 5.41) is 11.2. The first kappa shape index (κ1) is 13.8. The Kier molecular flexibility index (Phi) is 4.47. The van der Waals surface area contributed by atoms with Crippen molar-refractivity contribution in [3.63, 3.8) is 0 Å². The molecule has 0 aliphatic heterocycles. The summed E-state index contributed by atoms with van der Waals surface area (Å²) in [5.41, 5.74) is -0.202. The van der Waals surface area contributed by atoms with Crippen LogP contribution in [0, 0.1) is 0 Å². The summed E-state index contributed by atoms with van der Waals surface area (Å²) >= 11 is 0. The maximum Gasteiger partial charge on any atom is 0.339 e. The Labute approximate surface area is 103 Å². The lowest BCUT2D eigenvalue weighted by Crippen LogP contribution is -2.30. The monoisotopic (exact) mass is 254 g/mol. The fourth-order valence-electron chi connectivity index (χ4n) is 1.24. The molecular weight excluding hydrogens is 240 g/mol. The van der Waals surface area contributed by atoms with Crippen LogP contribution in [0.2, 0.25) is 0 Å². The van der Waals surface area contributed by atoms with Crippen LogP contribution < -0.4 is 5.32 Å². The number of furan rings is 1. The van der Waals surface area contributed by atoms with E-state index in [1.165, 1.54) is 11.0 Å². The first-order valence-corrected chi connectivity index (χ1v) is 5.22. The average molecular weight is 254 g/mol. The zero-order chi connectivity index (χ0) is 13.7. The van der Waals surface area contributed by atoms with Gasteiger partial charge in [0.1, 0.15) is 5.56 Å². The highest BCUT2D eigenvalue weighted by molar-refractivity contribution is 6.02. The molecule has 7 heteroatoms. The predicted molar refractivity (Wildman–Crippen MR) is 61.3 cm³/mol. The van der Waals surface area contributed by atoms with Crippen molar-refractivity contribution < 1.29 is 23.9 Å². The van der Waals surface area contributed by atoms with Gasteiger partial charge in [-0.2, -0.15) is 0 Å². The summed E-state index contributed by atoms with van der Waals surface area (Å²) in [7, 11) is 3.22. The summed E-state index contributed by atoms with van der Waals surface area (Å²) in [6, 6.07) is 1.20. The molecule has 0 fully saturated rings. The number of aromatic carboxylic acids is 1. The summed E-state index contributed by atoms with van der Waals surface area (Å²) < 4.78 is 4.80. The molecule has 0 aromatic carbocycles. The molecule has 0 radical (unpaired) electrons. The van der Waals surface area contributed by atoms with Crippen molar-refractivity contribution in [2.45, 2.75) is 6.42 Å². The molecule has 1 heterocycles. The first-order chi connectivity index (χ1) is 8.43. The fourth-order valence-corrected chi connectivity index (χ4v) is 1.24. The molecule has 7 nitrogen and oxygen atoms in total. The Morgan fingerprint density at radius 2 is 2.06 bits per heavy atom. The van der Waals surface area contributed by atoms with Crippen LogP contribution in [0.25, 0.3) is 0 Å². The predicted octanol–water partition coefficient (Wildman–Crippen LogP) is 0.186. The molecule has 0 aliphatic carbocycles. The van der Waals surface area contributed by atoms with Gasteiger partial charge in [0.2, 0.25) is 11.7 Å². The molecule has 2 N–H and O–H groups in total. The van der Waals surface area contributed by atoms with E-state index in [4.69, 9.17) is 9.52 Å². The molecule has 1 aromatic heterocycles. The Morgan fingerprint density at radius 1 is 1.39 bits per heavy atom. The van der Waals surface area contributed by atoms with E-state index in [1.54, 1.807) is 14.1 Å². The first-order valence-electron chi connectivity index (χ1n) is 5.22. The summed E-state index contributed by atoms with van der Waals surface area (Å²) in [6.07, 6.45) is 1.27. The molecule has 0 saturated heterocycles. The zero-order valence-electron chi connectivity index (χ0n) is 10.1. The van der Waals surface area contributed by atoms with E-state index in [-0.39, 0.29) is 30.2 Å². The number of carbonyl (C=O) groups is 3. The standard InChI is InChI=1S/C11H14N2O5/c1-13(2)8(14)3-5-12-10(15)9-7(11(16)17)4-6-18-9/h4,6H,3,5H2,1-2H3,(H,12,15)(H,16,17). The third-order valence-electron chi connectivity index (χ3n) is 2.23. The number of hydrogen-bond donors (Lipinski definition) is 2. The number of carbonyl (C=O) groups excluding carboxylic acids is 2. The summed E-state index contributed by atoms with van der Waals surface area (Å²) in [5.74, 6) is -2.28. The SMILES string of the molecule is CN(C)C(=O)CCNC(=O)c1occc1C(=O)O. The van der Waals surface area contributed by atoms with Gasteiger partial charge in [0.15, 0.2) is 0 Å². The second kappa shape index (κ2) is 5.85. The van der Waals surface area contributed by atoms with E-state index >= 15 is 0 Å². The molecule has 1 aromatic rings. The Hall–Kier alpha value is -2.31. The minimum absolute atomic E-state index is 0.121. The lowest BCUT2D eigenvalue weighted by atomic mass is 10.2. The lowest BCUT2D eigenvalue weighted by Gasteiger charge is -2.10. The molecular formula is C11H14N2O5. The number of amides is 2. The molecule has 98 valence electrons. The lowest BCUT2D eigenvalue weighted by molar-refractivity contribution is -0.128. The van der Waals surface area contributed by atoms with Crippen LogP contribution in [0.1, 0.15) is 27.3 Å². The smallest absolute Gasteiger partial charge is 0.339 e. The van der Waals surface area contributed by atoms with Gasteiger partial charge in [-0.05, 0) is 6.07 Å². The van der Waals surface area contributed by atoms with Gasteiger partial charge < -0.3 is 19.7 Å². The second-order valence-corrected chi connectivity index (χ2v) is 3.76. The number of nitrogens with zero attached hydrogens (tertiary/aromatic N) is 1. The van der Waals surface area contributed by atoms with Crippen LogP contribution in [0.4, 0.5) is 0 Å². The number of hydrogen-bond acceptors (Lipinski definition) is 4. The van der Waals surface area contributed by atoms with Crippen LogP contribution in [-0.4, -0.2) is 48.4 Å². The third-order valence-corrected chi connectivity index (χ3v) is 2.23.